The largest absolute Gasteiger partial charge is 0.324 e. The van der Waals surface area contributed by atoms with Gasteiger partial charge in [-0.25, -0.2) is 0 Å². The maximum Gasteiger partial charge on any atom is 0.270 e. The number of carbonyl (C=O) groups excluding carboxylic acids is 1. The highest BCUT2D eigenvalue weighted by molar-refractivity contribution is 6.36. The van der Waals surface area contributed by atoms with E-state index in [0.29, 0.717) is 27.5 Å². The van der Waals surface area contributed by atoms with Crippen molar-refractivity contribution in [3.05, 3.63) is 68.7 Å². The van der Waals surface area contributed by atoms with Crippen LogP contribution >= 0.6 is 24.0 Å². The lowest BCUT2D eigenvalue weighted by Gasteiger charge is -2.11. The maximum atomic E-state index is 11.7. The minimum atomic E-state index is -0.489. The smallest absolute Gasteiger partial charge is 0.270 e. The molecule has 23 heavy (non-hydrogen) atoms. The number of nitrogens with one attached hydrogen (secondary N) is 1. The van der Waals surface area contributed by atoms with Gasteiger partial charge in [0, 0.05) is 28.3 Å². The van der Waals surface area contributed by atoms with E-state index < -0.39 is 4.92 Å². The van der Waals surface area contributed by atoms with Gasteiger partial charge in [-0.3, -0.25) is 19.9 Å². The van der Waals surface area contributed by atoms with Crippen LogP contribution in [0.5, 0.6) is 0 Å². The standard InChI is InChI=1S/C15H10ClN3O3.ClH/c16-12-4-2-1-3-10(12)15-11-7-9(19(21)22)5-6-13(11)18-14(20)8-17-15;/h1-7H,8H2,(H,18,20);1H. The third kappa shape index (κ3) is 3.33. The second kappa shape index (κ2) is 6.76. The summed E-state index contributed by atoms with van der Waals surface area (Å²) in [5, 5.41) is 14.2. The number of fused-ring (bicyclic) bond motifs is 1. The van der Waals surface area contributed by atoms with E-state index in [1.807, 2.05) is 0 Å². The summed E-state index contributed by atoms with van der Waals surface area (Å²) in [4.78, 5) is 26.5. The summed E-state index contributed by atoms with van der Waals surface area (Å²) in [5.74, 6) is -0.280. The van der Waals surface area contributed by atoms with Crippen LogP contribution in [0.2, 0.25) is 5.02 Å². The number of amides is 1. The monoisotopic (exact) mass is 351 g/mol. The lowest BCUT2D eigenvalue weighted by Crippen LogP contribution is -2.13. The Morgan fingerprint density at radius 2 is 1.91 bits per heavy atom. The lowest BCUT2D eigenvalue weighted by atomic mass is 10.00. The number of nitro benzene ring substituents is 1. The Hall–Kier alpha value is -2.44. The molecule has 0 saturated heterocycles. The molecule has 1 heterocycles. The summed E-state index contributed by atoms with van der Waals surface area (Å²) in [7, 11) is 0. The van der Waals surface area contributed by atoms with Gasteiger partial charge in [-0.1, -0.05) is 29.8 Å². The number of nitro groups is 1. The molecule has 1 aliphatic rings. The normalized spacial score (nSPS) is 13.1. The van der Waals surface area contributed by atoms with E-state index >= 15 is 0 Å². The Kier molecular flexibility index (Phi) is 4.98. The van der Waals surface area contributed by atoms with Crippen molar-refractivity contribution in [2.24, 2.45) is 4.99 Å². The predicted octanol–water partition coefficient (Wildman–Crippen LogP) is 3.46. The van der Waals surface area contributed by atoms with Crippen LogP contribution in [0.1, 0.15) is 11.1 Å². The average molecular weight is 352 g/mol. The summed E-state index contributed by atoms with van der Waals surface area (Å²) >= 11 is 6.20. The molecule has 6 nitrogen and oxygen atoms in total. The van der Waals surface area contributed by atoms with Gasteiger partial charge in [0.15, 0.2) is 0 Å². The van der Waals surface area contributed by atoms with E-state index in [4.69, 9.17) is 11.6 Å². The zero-order valence-electron chi connectivity index (χ0n) is 11.7. The summed E-state index contributed by atoms with van der Waals surface area (Å²) < 4.78 is 0. The van der Waals surface area contributed by atoms with Crippen LogP contribution in [-0.4, -0.2) is 23.1 Å². The van der Waals surface area contributed by atoms with Crippen LogP contribution in [0.15, 0.2) is 47.5 Å². The van der Waals surface area contributed by atoms with E-state index in [9.17, 15) is 14.9 Å². The van der Waals surface area contributed by atoms with Gasteiger partial charge in [-0.2, -0.15) is 0 Å². The summed E-state index contributed by atoms with van der Waals surface area (Å²) in [5.41, 5.74) is 1.97. The van der Waals surface area contributed by atoms with Gasteiger partial charge in [0.25, 0.3) is 5.69 Å². The number of carbonyl (C=O) groups is 1. The number of rotatable bonds is 2. The number of benzene rings is 2. The average Bonchev–Trinajstić information content (AvgIpc) is 2.65. The van der Waals surface area contributed by atoms with Gasteiger partial charge in [-0.05, 0) is 12.1 Å². The van der Waals surface area contributed by atoms with Crippen LogP contribution in [0.4, 0.5) is 11.4 Å². The Bertz CT molecular complexity index is 821. The minimum absolute atomic E-state index is 0. The Balaban J connectivity index is 0.00000192. The van der Waals surface area contributed by atoms with Gasteiger partial charge in [0.1, 0.15) is 6.54 Å². The molecule has 1 aliphatic heterocycles. The van der Waals surface area contributed by atoms with E-state index in [1.165, 1.54) is 18.2 Å². The number of nitrogens with zero attached hydrogens (tertiary/aromatic N) is 2. The second-order valence-electron chi connectivity index (χ2n) is 4.68. The van der Waals surface area contributed by atoms with Crippen LogP contribution in [0.25, 0.3) is 0 Å². The van der Waals surface area contributed by atoms with Crippen LogP contribution in [-0.2, 0) is 4.79 Å². The molecule has 0 atom stereocenters. The predicted molar refractivity (Wildman–Crippen MR) is 90.9 cm³/mol. The number of aliphatic imine (C=N–C) groups is 1. The molecular weight excluding hydrogens is 341 g/mol. The molecule has 0 aliphatic carbocycles. The maximum absolute atomic E-state index is 11.7. The van der Waals surface area contributed by atoms with Gasteiger partial charge < -0.3 is 5.32 Å². The molecule has 0 spiro atoms. The number of hydrogen-bond acceptors (Lipinski definition) is 4. The first-order valence-electron chi connectivity index (χ1n) is 6.44. The highest BCUT2D eigenvalue weighted by atomic mass is 35.5. The molecule has 1 N–H and O–H groups in total. The highest BCUT2D eigenvalue weighted by Gasteiger charge is 2.22. The molecule has 118 valence electrons. The number of halogens is 2. The molecular formula is C15H11Cl2N3O3. The van der Waals surface area contributed by atoms with Crippen molar-refractivity contribution < 1.29 is 9.72 Å². The Morgan fingerprint density at radius 1 is 1.17 bits per heavy atom. The zero-order valence-corrected chi connectivity index (χ0v) is 13.2. The first-order chi connectivity index (χ1) is 10.6. The number of non-ortho nitro benzene ring substituents is 1. The van der Waals surface area contributed by atoms with Crippen molar-refractivity contribution in [3.63, 3.8) is 0 Å². The summed E-state index contributed by atoms with van der Waals surface area (Å²) in [6.07, 6.45) is 0. The van der Waals surface area contributed by atoms with E-state index in [-0.39, 0.29) is 30.5 Å². The summed E-state index contributed by atoms with van der Waals surface area (Å²) in [6.45, 7) is -0.0664. The molecule has 0 unspecified atom stereocenters. The topological polar surface area (TPSA) is 84.6 Å². The van der Waals surface area contributed by atoms with Crippen molar-refractivity contribution in [3.8, 4) is 0 Å². The van der Waals surface area contributed by atoms with Crippen molar-refractivity contribution in [1.29, 1.82) is 0 Å². The van der Waals surface area contributed by atoms with Gasteiger partial charge in [0.2, 0.25) is 5.91 Å². The number of anilines is 1. The van der Waals surface area contributed by atoms with Crippen molar-refractivity contribution in [1.82, 2.24) is 0 Å². The summed E-state index contributed by atoms with van der Waals surface area (Å²) in [6, 6.07) is 11.3. The third-order valence-corrected chi connectivity index (χ3v) is 3.58. The molecule has 0 radical (unpaired) electrons. The van der Waals surface area contributed by atoms with E-state index in [0.717, 1.165) is 0 Å². The second-order valence-corrected chi connectivity index (χ2v) is 5.09. The SMILES string of the molecule is Cl.O=C1CN=C(c2ccccc2Cl)c2cc([N+](=O)[O-])ccc2N1. The van der Waals surface area contributed by atoms with E-state index in [1.54, 1.807) is 24.3 Å². The first-order valence-corrected chi connectivity index (χ1v) is 6.82. The molecule has 2 aromatic carbocycles. The molecule has 0 bridgehead atoms. The Labute approximate surface area is 142 Å². The highest BCUT2D eigenvalue weighted by Crippen LogP contribution is 2.29. The van der Waals surface area contributed by atoms with Crippen molar-refractivity contribution in [2.75, 3.05) is 11.9 Å². The fraction of sp³-hybridized carbons (Fsp3) is 0.0667. The third-order valence-electron chi connectivity index (χ3n) is 3.25. The molecule has 2 aromatic rings. The zero-order chi connectivity index (χ0) is 15.7. The van der Waals surface area contributed by atoms with Crippen LogP contribution < -0.4 is 5.32 Å². The first kappa shape index (κ1) is 16.9. The number of hydrogen-bond donors (Lipinski definition) is 1. The quantitative estimate of drug-likeness (QED) is 0.664. The van der Waals surface area contributed by atoms with Crippen molar-refractivity contribution >= 4 is 47.0 Å². The van der Waals surface area contributed by atoms with Gasteiger partial charge in [-0.15, -0.1) is 12.4 Å². The molecule has 3 rings (SSSR count). The minimum Gasteiger partial charge on any atom is -0.324 e. The van der Waals surface area contributed by atoms with Crippen molar-refractivity contribution in [2.45, 2.75) is 0 Å². The molecule has 0 aromatic heterocycles. The van der Waals surface area contributed by atoms with Gasteiger partial charge in [0.05, 0.1) is 16.3 Å². The van der Waals surface area contributed by atoms with Gasteiger partial charge >= 0.3 is 0 Å². The number of benzodiazepines with no additional fused rings is 1. The Morgan fingerprint density at radius 3 is 2.61 bits per heavy atom. The fourth-order valence-electron chi connectivity index (χ4n) is 2.26. The molecule has 1 amide bonds. The van der Waals surface area contributed by atoms with E-state index in [2.05, 4.69) is 10.3 Å². The van der Waals surface area contributed by atoms with Crippen LogP contribution in [0.3, 0.4) is 0 Å². The lowest BCUT2D eigenvalue weighted by molar-refractivity contribution is -0.384. The molecule has 8 heteroatoms. The molecule has 0 saturated carbocycles. The fourth-order valence-corrected chi connectivity index (χ4v) is 2.49. The van der Waals surface area contributed by atoms with Crippen LogP contribution in [0, 0.1) is 10.1 Å². The molecule has 0 fully saturated rings.